The summed E-state index contributed by atoms with van der Waals surface area (Å²) >= 11 is 0. The van der Waals surface area contributed by atoms with Crippen LogP contribution in [-0.2, 0) is 10.0 Å². The van der Waals surface area contributed by atoms with E-state index in [1.807, 2.05) is 6.07 Å². The molecule has 2 rings (SSSR count). The minimum absolute atomic E-state index is 0.0154. The van der Waals surface area contributed by atoms with E-state index in [0.717, 1.165) is 18.4 Å². The number of rotatable bonds is 8. The summed E-state index contributed by atoms with van der Waals surface area (Å²) in [5.41, 5.74) is 0.173. The van der Waals surface area contributed by atoms with Crippen molar-refractivity contribution in [1.29, 1.82) is 5.26 Å². The number of hydrogen-bond acceptors (Lipinski definition) is 7. The fourth-order valence-corrected chi connectivity index (χ4v) is 2.53. The average Bonchev–Trinajstić information content (AvgIpc) is 2.58. The Bertz CT molecular complexity index is 933. The highest BCUT2D eigenvalue weighted by atomic mass is 32.2. The van der Waals surface area contributed by atoms with Crippen LogP contribution >= 0.6 is 0 Å². The molecule has 0 aliphatic heterocycles. The zero-order valence-corrected chi connectivity index (χ0v) is 14.7. The van der Waals surface area contributed by atoms with E-state index < -0.39 is 28.5 Å². The molecular weight excluding hydrogens is 387 g/mol. The monoisotopic (exact) mass is 401 g/mol. The van der Waals surface area contributed by atoms with E-state index in [0.29, 0.717) is 0 Å². The molecule has 0 aliphatic carbocycles. The molecule has 0 radical (unpaired) electrons. The maximum atomic E-state index is 14.4. The summed E-state index contributed by atoms with van der Waals surface area (Å²) in [5, 5.41) is 11.5. The third-order valence-electron chi connectivity index (χ3n) is 3.21. The lowest BCUT2D eigenvalue weighted by Gasteiger charge is -2.20. The highest BCUT2D eigenvalue weighted by Crippen LogP contribution is 2.25. The van der Waals surface area contributed by atoms with Gasteiger partial charge in [0.1, 0.15) is 17.6 Å². The van der Waals surface area contributed by atoms with Crippen LogP contribution in [0.5, 0.6) is 5.75 Å². The smallest absolute Gasteiger partial charge is 0.387 e. The summed E-state index contributed by atoms with van der Waals surface area (Å²) in [5.74, 6) is -1.26. The highest BCUT2D eigenvalue weighted by molar-refractivity contribution is 7.88. The molecule has 1 unspecified atom stereocenters. The Labute approximate surface area is 153 Å². The molecule has 144 valence electrons. The Morgan fingerprint density at radius 1 is 1.30 bits per heavy atom. The first kappa shape index (κ1) is 20.4. The molecule has 1 atom stereocenters. The van der Waals surface area contributed by atoms with Crippen LogP contribution in [-0.4, -0.2) is 37.8 Å². The molecule has 0 aliphatic rings. The number of nitrogens with zero attached hydrogens (tertiary/aromatic N) is 3. The molecule has 0 saturated carbocycles. The lowest BCUT2D eigenvalue weighted by Crippen LogP contribution is -2.31. The molecule has 1 heterocycles. The molecule has 1 aromatic heterocycles. The van der Waals surface area contributed by atoms with Crippen molar-refractivity contribution in [3.8, 4) is 11.8 Å². The summed E-state index contributed by atoms with van der Waals surface area (Å²) < 4.78 is 67.9. The maximum absolute atomic E-state index is 14.4. The van der Waals surface area contributed by atoms with E-state index in [1.54, 1.807) is 0 Å². The Hall–Kier alpha value is -2.91. The van der Waals surface area contributed by atoms with Crippen molar-refractivity contribution < 1.29 is 26.3 Å². The Morgan fingerprint density at radius 3 is 2.48 bits per heavy atom. The summed E-state index contributed by atoms with van der Waals surface area (Å²) in [4.78, 5) is 7.76. The van der Waals surface area contributed by atoms with Gasteiger partial charge in [-0.15, -0.1) is 0 Å². The normalized spacial score (nSPS) is 12.4. The Kier molecular flexibility index (Phi) is 6.54. The van der Waals surface area contributed by atoms with E-state index in [2.05, 4.69) is 24.7 Å². The zero-order valence-electron chi connectivity index (χ0n) is 13.9. The van der Waals surface area contributed by atoms with Crippen LogP contribution in [0.3, 0.4) is 0 Å². The van der Waals surface area contributed by atoms with Gasteiger partial charge in [-0.25, -0.2) is 27.5 Å². The van der Waals surface area contributed by atoms with Gasteiger partial charge in [0.25, 0.3) is 0 Å². The van der Waals surface area contributed by atoms with Gasteiger partial charge in [-0.3, -0.25) is 0 Å². The Morgan fingerprint density at radius 2 is 1.96 bits per heavy atom. The average molecular weight is 401 g/mol. The van der Waals surface area contributed by atoms with Gasteiger partial charge in [-0.05, 0) is 6.07 Å². The number of benzene rings is 1. The summed E-state index contributed by atoms with van der Waals surface area (Å²) in [6, 6.07) is 3.93. The summed E-state index contributed by atoms with van der Waals surface area (Å²) in [6.45, 7) is -3.38. The fraction of sp³-hybridized carbons (Fsp3) is 0.267. The predicted molar refractivity (Wildman–Crippen MR) is 89.0 cm³/mol. The largest absolute Gasteiger partial charge is 0.435 e. The number of anilines is 1. The molecule has 0 spiro atoms. The standard InChI is InChI=1S/C15H14F3N5O3S/c1-27(24,25)22-8-13(23-15-20-6-9(5-19)7-21-15)11-3-2-10(4-12(11)16)26-14(17)18/h2-4,6-7,13-14,22H,8H2,1H3,(H,20,21,23). The van der Waals surface area contributed by atoms with Crippen LogP contribution in [0, 0.1) is 17.1 Å². The van der Waals surface area contributed by atoms with E-state index >= 15 is 0 Å². The molecule has 0 fully saturated rings. The Balaban J connectivity index is 2.29. The molecule has 0 amide bonds. The molecule has 0 bridgehead atoms. The molecule has 8 nitrogen and oxygen atoms in total. The second kappa shape index (κ2) is 8.65. The molecule has 1 aromatic carbocycles. The van der Waals surface area contributed by atoms with Gasteiger partial charge in [-0.1, -0.05) is 6.07 Å². The number of nitriles is 1. The summed E-state index contributed by atoms with van der Waals surface area (Å²) in [7, 11) is -3.59. The lowest BCUT2D eigenvalue weighted by molar-refractivity contribution is -0.0500. The van der Waals surface area contributed by atoms with Crippen LogP contribution in [0.25, 0.3) is 0 Å². The topological polar surface area (TPSA) is 117 Å². The summed E-state index contributed by atoms with van der Waals surface area (Å²) in [6.07, 6.45) is 3.39. The van der Waals surface area contributed by atoms with Crippen LogP contribution in [0.4, 0.5) is 19.1 Å². The quantitative estimate of drug-likeness (QED) is 0.693. The second-order valence-corrected chi connectivity index (χ2v) is 7.12. The molecule has 0 saturated heterocycles. The zero-order chi connectivity index (χ0) is 20.0. The van der Waals surface area contributed by atoms with Crippen LogP contribution < -0.4 is 14.8 Å². The number of halogens is 3. The lowest BCUT2D eigenvalue weighted by atomic mass is 10.1. The van der Waals surface area contributed by atoms with E-state index in [1.165, 1.54) is 18.5 Å². The first-order valence-electron chi connectivity index (χ1n) is 7.35. The van der Waals surface area contributed by atoms with Gasteiger partial charge >= 0.3 is 6.61 Å². The van der Waals surface area contributed by atoms with E-state index in [9.17, 15) is 21.6 Å². The van der Waals surface area contributed by atoms with Gasteiger partial charge in [-0.2, -0.15) is 14.0 Å². The van der Waals surface area contributed by atoms with Crippen LogP contribution in [0.1, 0.15) is 17.2 Å². The second-order valence-electron chi connectivity index (χ2n) is 5.29. The number of hydrogen-bond donors (Lipinski definition) is 2. The maximum Gasteiger partial charge on any atom is 0.387 e. The fourth-order valence-electron chi connectivity index (χ4n) is 2.06. The van der Waals surface area contributed by atoms with Gasteiger partial charge < -0.3 is 10.1 Å². The van der Waals surface area contributed by atoms with Gasteiger partial charge in [0, 0.05) is 18.2 Å². The molecule has 2 N–H and O–H groups in total. The molecular formula is C15H14F3N5O3S. The number of alkyl halides is 2. The number of aromatic nitrogens is 2. The van der Waals surface area contributed by atoms with Crippen molar-refractivity contribution in [3.05, 3.63) is 47.5 Å². The van der Waals surface area contributed by atoms with Gasteiger partial charge in [0.05, 0.1) is 30.3 Å². The number of ether oxygens (including phenoxy) is 1. The van der Waals surface area contributed by atoms with Crippen molar-refractivity contribution in [2.45, 2.75) is 12.7 Å². The van der Waals surface area contributed by atoms with Crippen LogP contribution in [0.2, 0.25) is 0 Å². The highest BCUT2D eigenvalue weighted by Gasteiger charge is 2.20. The van der Waals surface area contributed by atoms with Crippen molar-refractivity contribution in [1.82, 2.24) is 14.7 Å². The first-order valence-corrected chi connectivity index (χ1v) is 9.24. The van der Waals surface area contributed by atoms with Crippen molar-refractivity contribution in [2.75, 3.05) is 18.1 Å². The first-order chi connectivity index (χ1) is 12.7. The van der Waals surface area contributed by atoms with Crippen molar-refractivity contribution in [3.63, 3.8) is 0 Å². The minimum atomic E-state index is -3.59. The van der Waals surface area contributed by atoms with Gasteiger partial charge in [0.2, 0.25) is 16.0 Å². The molecule has 27 heavy (non-hydrogen) atoms. The minimum Gasteiger partial charge on any atom is -0.435 e. The van der Waals surface area contributed by atoms with Crippen LogP contribution in [0.15, 0.2) is 30.6 Å². The molecule has 2 aromatic rings. The molecule has 12 heteroatoms. The van der Waals surface area contributed by atoms with Gasteiger partial charge in [0.15, 0.2) is 0 Å². The van der Waals surface area contributed by atoms with E-state index in [-0.39, 0.29) is 29.4 Å². The third-order valence-corrected chi connectivity index (χ3v) is 3.90. The SMILES string of the molecule is CS(=O)(=O)NCC(Nc1ncc(C#N)cn1)c1ccc(OC(F)F)cc1F. The number of nitrogens with one attached hydrogen (secondary N) is 2. The number of sulfonamides is 1. The predicted octanol–water partition coefficient (Wildman–Crippen LogP) is 1.79. The van der Waals surface area contributed by atoms with E-state index in [4.69, 9.17) is 5.26 Å². The van der Waals surface area contributed by atoms with Crippen molar-refractivity contribution in [2.24, 2.45) is 0 Å². The third kappa shape index (κ3) is 6.39. The van der Waals surface area contributed by atoms with Crippen molar-refractivity contribution >= 4 is 16.0 Å².